The van der Waals surface area contributed by atoms with Crippen molar-refractivity contribution >= 4 is 5.82 Å². The second-order valence-electron chi connectivity index (χ2n) is 3.20. The SMILES string of the molecule is CCc1nc(N)cc(OC(C)C(F)(F)F)n1. The van der Waals surface area contributed by atoms with Gasteiger partial charge in [0.05, 0.1) is 0 Å². The molecule has 0 aliphatic carbocycles. The van der Waals surface area contributed by atoms with Crippen LogP contribution in [0.4, 0.5) is 19.0 Å². The quantitative estimate of drug-likeness (QED) is 0.869. The molecule has 1 aromatic rings. The van der Waals surface area contributed by atoms with Gasteiger partial charge in [-0.2, -0.15) is 18.2 Å². The Hall–Kier alpha value is -1.53. The summed E-state index contributed by atoms with van der Waals surface area (Å²) < 4.78 is 41.3. The fourth-order valence-electron chi connectivity index (χ4n) is 0.959. The summed E-state index contributed by atoms with van der Waals surface area (Å²) in [6.45, 7) is 2.68. The average molecular weight is 235 g/mol. The van der Waals surface area contributed by atoms with E-state index in [-0.39, 0.29) is 11.7 Å². The van der Waals surface area contributed by atoms with Crippen LogP contribution >= 0.6 is 0 Å². The summed E-state index contributed by atoms with van der Waals surface area (Å²) in [7, 11) is 0. The summed E-state index contributed by atoms with van der Waals surface area (Å²) >= 11 is 0. The highest BCUT2D eigenvalue weighted by Gasteiger charge is 2.38. The van der Waals surface area contributed by atoms with Crippen molar-refractivity contribution in [3.63, 3.8) is 0 Å². The fraction of sp³-hybridized carbons (Fsp3) is 0.556. The lowest BCUT2D eigenvalue weighted by molar-refractivity contribution is -0.190. The summed E-state index contributed by atoms with van der Waals surface area (Å²) in [5.41, 5.74) is 5.41. The minimum absolute atomic E-state index is 0.0937. The monoisotopic (exact) mass is 235 g/mol. The minimum Gasteiger partial charge on any atom is -0.465 e. The van der Waals surface area contributed by atoms with Crippen molar-refractivity contribution in [1.82, 2.24) is 9.97 Å². The molecule has 4 nitrogen and oxygen atoms in total. The highest BCUT2D eigenvalue weighted by Crippen LogP contribution is 2.24. The third-order valence-electron chi connectivity index (χ3n) is 1.84. The number of rotatable bonds is 3. The Bertz CT molecular complexity index is 368. The molecule has 1 unspecified atom stereocenters. The molecule has 16 heavy (non-hydrogen) atoms. The number of hydrogen-bond acceptors (Lipinski definition) is 4. The Kier molecular flexibility index (Phi) is 3.56. The molecule has 1 aromatic heterocycles. The Morgan fingerprint density at radius 2 is 2.06 bits per heavy atom. The van der Waals surface area contributed by atoms with Gasteiger partial charge in [0.1, 0.15) is 11.6 Å². The lowest BCUT2D eigenvalue weighted by Crippen LogP contribution is -2.31. The van der Waals surface area contributed by atoms with Gasteiger partial charge in [0, 0.05) is 12.5 Å². The molecule has 0 fully saturated rings. The van der Waals surface area contributed by atoms with Crippen LogP contribution in [0.15, 0.2) is 6.07 Å². The van der Waals surface area contributed by atoms with Crippen LogP contribution in [0, 0.1) is 0 Å². The highest BCUT2D eigenvalue weighted by atomic mass is 19.4. The van der Waals surface area contributed by atoms with Crippen LogP contribution in [-0.4, -0.2) is 22.2 Å². The van der Waals surface area contributed by atoms with E-state index in [1.165, 1.54) is 6.07 Å². The van der Waals surface area contributed by atoms with Gasteiger partial charge in [-0.3, -0.25) is 0 Å². The zero-order chi connectivity index (χ0) is 12.3. The van der Waals surface area contributed by atoms with Crippen molar-refractivity contribution in [2.75, 3.05) is 5.73 Å². The van der Waals surface area contributed by atoms with Gasteiger partial charge in [0.2, 0.25) is 5.88 Å². The Balaban J connectivity index is 2.85. The summed E-state index contributed by atoms with van der Waals surface area (Å²) in [5.74, 6) is 0.287. The van der Waals surface area contributed by atoms with Gasteiger partial charge < -0.3 is 10.5 Å². The third-order valence-corrected chi connectivity index (χ3v) is 1.84. The number of nitrogen functional groups attached to an aromatic ring is 1. The second-order valence-corrected chi connectivity index (χ2v) is 3.20. The Morgan fingerprint density at radius 3 is 2.56 bits per heavy atom. The van der Waals surface area contributed by atoms with Crippen LogP contribution in [0.3, 0.4) is 0 Å². The molecule has 0 amide bonds. The van der Waals surface area contributed by atoms with Crippen molar-refractivity contribution in [1.29, 1.82) is 0 Å². The van der Waals surface area contributed by atoms with E-state index >= 15 is 0 Å². The van der Waals surface area contributed by atoms with Crippen molar-refractivity contribution in [3.05, 3.63) is 11.9 Å². The van der Waals surface area contributed by atoms with Crippen molar-refractivity contribution in [2.24, 2.45) is 0 Å². The number of alkyl halides is 3. The maximum Gasteiger partial charge on any atom is 0.425 e. The van der Waals surface area contributed by atoms with Crippen molar-refractivity contribution in [2.45, 2.75) is 32.5 Å². The Morgan fingerprint density at radius 1 is 1.44 bits per heavy atom. The van der Waals surface area contributed by atoms with Crippen molar-refractivity contribution in [3.8, 4) is 5.88 Å². The molecule has 0 bridgehead atoms. The molecule has 0 aliphatic rings. The zero-order valence-electron chi connectivity index (χ0n) is 8.88. The molecular formula is C9H12F3N3O. The first-order valence-electron chi connectivity index (χ1n) is 4.69. The van der Waals surface area contributed by atoms with Crippen LogP contribution in [0.2, 0.25) is 0 Å². The molecule has 0 saturated carbocycles. The maximum atomic E-state index is 12.2. The van der Waals surface area contributed by atoms with E-state index < -0.39 is 12.3 Å². The summed E-state index contributed by atoms with van der Waals surface area (Å²) in [5, 5.41) is 0. The molecule has 2 N–H and O–H groups in total. The largest absolute Gasteiger partial charge is 0.465 e. The molecule has 0 saturated heterocycles. The van der Waals surface area contributed by atoms with E-state index in [0.29, 0.717) is 12.2 Å². The first-order chi connectivity index (χ1) is 7.32. The Labute approximate surface area is 90.6 Å². The second kappa shape index (κ2) is 4.54. The number of ether oxygens (including phenoxy) is 1. The number of aromatic nitrogens is 2. The number of hydrogen-bond donors (Lipinski definition) is 1. The maximum absolute atomic E-state index is 12.2. The normalized spacial score (nSPS) is 13.6. The van der Waals surface area contributed by atoms with Crippen LogP contribution in [-0.2, 0) is 6.42 Å². The van der Waals surface area contributed by atoms with Gasteiger partial charge in [-0.25, -0.2) is 4.98 Å². The molecular weight excluding hydrogens is 223 g/mol. The summed E-state index contributed by atoms with van der Waals surface area (Å²) in [4.78, 5) is 7.62. The van der Waals surface area contributed by atoms with Gasteiger partial charge in [-0.15, -0.1) is 0 Å². The first-order valence-corrected chi connectivity index (χ1v) is 4.69. The zero-order valence-corrected chi connectivity index (χ0v) is 8.88. The lowest BCUT2D eigenvalue weighted by Gasteiger charge is -2.17. The molecule has 1 atom stereocenters. The standard InChI is InChI=1S/C9H12F3N3O/c1-3-7-14-6(13)4-8(15-7)16-5(2)9(10,11)12/h4-5H,3H2,1-2H3,(H2,13,14,15). The van der Waals surface area contributed by atoms with Crippen LogP contribution in [0.25, 0.3) is 0 Å². The fourth-order valence-corrected chi connectivity index (χ4v) is 0.959. The lowest BCUT2D eigenvalue weighted by atomic mass is 10.4. The molecule has 0 radical (unpaired) electrons. The number of nitrogens with zero attached hydrogens (tertiary/aromatic N) is 2. The van der Waals surface area contributed by atoms with E-state index in [9.17, 15) is 13.2 Å². The van der Waals surface area contributed by atoms with E-state index in [2.05, 4.69) is 14.7 Å². The van der Waals surface area contributed by atoms with Crippen molar-refractivity contribution < 1.29 is 17.9 Å². The van der Waals surface area contributed by atoms with Crippen LogP contribution in [0.5, 0.6) is 5.88 Å². The number of anilines is 1. The van der Waals surface area contributed by atoms with Crippen LogP contribution < -0.4 is 10.5 Å². The number of halogens is 3. The molecule has 1 rings (SSSR count). The predicted octanol–water partition coefficient (Wildman–Crippen LogP) is 1.95. The average Bonchev–Trinajstić information content (AvgIpc) is 2.15. The summed E-state index contributed by atoms with van der Waals surface area (Å²) in [6, 6.07) is 1.17. The molecule has 0 aromatic carbocycles. The third kappa shape index (κ3) is 3.25. The molecule has 1 heterocycles. The number of nitrogens with two attached hydrogens (primary N) is 1. The molecule has 0 aliphatic heterocycles. The minimum atomic E-state index is -4.42. The van der Waals surface area contributed by atoms with E-state index in [1.807, 2.05) is 0 Å². The topological polar surface area (TPSA) is 61.0 Å². The van der Waals surface area contributed by atoms with E-state index in [0.717, 1.165) is 6.92 Å². The summed E-state index contributed by atoms with van der Waals surface area (Å²) in [6.07, 6.45) is -5.88. The van der Waals surface area contributed by atoms with Gasteiger partial charge in [-0.1, -0.05) is 6.92 Å². The number of aryl methyl sites for hydroxylation is 1. The van der Waals surface area contributed by atoms with E-state index in [1.54, 1.807) is 6.92 Å². The molecule has 0 spiro atoms. The van der Waals surface area contributed by atoms with E-state index in [4.69, 9.17) is 5.73 Å². The van der Waals surface area contributed by atoms with Gasteiger partial charge in [0.15, 0.2) is 6.10 Å². The highest BCUT2D eigenvalue weighted by molar-refractivity contribution is 5.32. The van der Waals surface area contributed by atoms with Gasteiger partial charge in [0.25, 0.3) is 0 Å². The van der Waals surface area contributed by atoms with Gasteiger partial charge >= 0.3 is 6.18 Å². The first kappa shape index (κ1) is 12.5. The van der Waals surface area contributed by atoms with Crippen LogP contribution in [0.1, 0.15) is 19.7 Å². The van der Waals surface area contributed by atoms with Gasteiger partial charge in [-0.05, 0) is 6.92 Å². The smallest absolute Gasteiger partial charge is 0.425 e. The molecule has 90 valence electrons. The predicted molar refractivity (Wildman–Crippen MR) is 52.0 cm³/mol. The molecule has 7 heteroatoms.